The van der Waals surface area contributed by atoms with Crippen LogP contribution in [0.25, 0.3) is 0 Å². The number of nitrogens with zero attached hydrogens (tertiary/aromatic N) is 1. The Morgan fingerprint density at radius 3 is 2.93 bits per heavy atom. The van der Waals surface area contributed by atoms with Crippen molar-refractivity contribution >= 4 is 0 Å². The highest BCUT2D eigenvalue weighted by molar-refractivity contribution is 5.22. The minimum atomic E-state index is 0.551. The van der Waals surface area contributed by atoms with E-state index < -0.39 is 0 Å². The van der Waals surface area contributed by atoms with Crippen molar-refractivity contribution in [2.75, 3.05) is 13.2 Å². The molecule has 0 saturated carbocycles. The second kappa shape index (κ2) is 6.40. The number of rotatable bonds is 6. The number of hydrogen-bond acceptors (Lipinski definition) is 3. The van der Waals surface area contributed by atoms with Gasteiger partial charge in [0.05, 0.1) is 12.3 Å². The van der Waals surface area contributed by atoms with Gasteiger partial charge in [0.15, 0.2) is 0 Å². The number of hydrogen-bond donors (Lipinski definition) is 1. The van der Waals surface area contributed by atoms with Crippen LogP contribution < -0.4 is 10.1 Å². The summed E-state index contributed by atoms with van der Waals surface area (Å²) in [5.41, 5.74) is 1.03. The Labute approximate surface area is 91.9 Å². The fourth-order valence-electron chi connectivity index (χ4n) is 1.16. The van der Waals surface area contributed by atoms with Gasteiger partial charge >= 0.3 is 0 Å². The predicted molar refractivity (Wildman–Crippen MR) is 62.0 cm³/mol. The van der Waals surface area contributed by atoms with Gasteiger partial charge < -0.3 is 10.1 Å². The van der Waals surface area contributed by atoms with Crippen molar-refractivity contribution in [2.24, 2.45) is 5.92 Å². The molecule has 0 aliphatic carbocycles. The van der Waals surface area contributed by atoms with Gasteiger partial charge in [-0.1, -0.05) is 20.8 Å². The lowest BCUT2D eigenvalue weighted by Crippen LogP contribution is -2.13. The zero-order valence-electron chi connectivity index (χ0n) is 9.79. The average molecular weight is 208 g/mol. The molecule has 0 saturated heterocycles. The summed E-state index contributed by atoms with van der Waals surface area (Å²) in [4.78, 5) is 4.26. The first kappa shape index (κ1) is 12.0. The molecule has 0 aliphatic heterocycles. The molecule has 84 valence electrons. The lowest BCUT2D eigenvalue weighted by molar-refractivity contribution is 0.270. The van der Waals surface area contributed by atoms with Crippen molar-refractivity contribution in [3.05, 3.63) is 24.0 Å². The van der Waals surface area contributed by atoms with Crippen molar-refractivity contribution < 1.29 is 4.74 Å². The summed E-state index contributed by atoms with van der Waals surface area (Å²) < 4.78 is 5.62. The first-order chi connectivity index (χ1) is 7.22. The molecule has 3 heteroatoms. The third-order valence-electron chi connectivity index (χ3n) is 1.93. The van der Waals surface area contributed by atoms with Gasteiger partial charge in [-0.05, 0) is 18.5 Å². The van der Waals surface area contributed by atoms with E-state index in [0.717, 1.165) is 31.1 Å². The Morgan fingerprint density at radius 1 is 1.47 bits per heavy atom. The van der Waals surface area contributed by atoms with Crippen LogP contribution in [0.15, 0.2) is 18.3 Å². The molecule has 1 aromatic rings. The number of pyridine rings is 1. The quantitative estimate of drug-likeness (QED) is 0.778. The minimum absolute atomic E-state index is 0.551. The van der Waals surface area contributed by atoms with Crippen molar-refractivity contribution in [1.82, 2.24) is 10.3 Å². The molecule has 0 atom stereocenters. The van der Waals surface area contributed by atoms with Gasteiger partial charge in [0.2, 0.25) is 0 Å². The summed E-state index contributed by atoms with van der Waals surface area (Å²) in [7, 11) is 0. The lowest BCUT2D eigenvalue weighted by Gasteiger charge is -2.09. The fraction of sp³-hybridized carbons (Fsp3) is 0.583. The smallest absolute Gasteiger partial charge is 0.122 e. The highest BCUT2D eigenvalue weighted by atomic mass is 16.5. The molecule has 3 nitrogen and oxygen atoms in total. The van der Waals surface area contributed by atoms with Crippen molar-refractivity contribution in [2.45, 2.75) is 27.3 Å². The normalized spacial score (nSPS) is 10.7. The molecule has 0 amide bonds. The third-order valence-corrected chi connectivity index (χ3v) is 1.93. The highest BCUT2D eigenvalue weighted by Gasteiger charge is 1.99. The molecule has 0 unspecified atom stereocenters. The van der Waals surface area contributed by atoms with E-state index in [1.165, 1.54) is 0 Å². The maximum absolute atomic E-state index is 5.62. The van der Waals surface area contributed by atoms with Crippen LogP contribution in [0.3, 0.4) is 0 Å². The maximum Gasteiger partial charge on any atom is 0.122 e. The lowest BCUT2D eigenvalue weighted by atomic mass is 10.2. The second-order valence-corrected chi connectivity index (χ2v) is 3.97. The van der Waals surface area contributed by atoms with E-state index in [-0.39, 0.29) is 0 Å². The molecule has 0 radical (unpaired) electrons. The van der Waals surface area contributed by atoms with Crippen LogP contribution in [0.4, 0.5) is 0 Å². The van der Waals surface area contributed by atoms with E-state index in [9.17, 15) is 0 Å². The van der Waals surface area contributed by atoms with Crippen LogP contribution in [0.5, 0.6) is 5.75 Å². The Hall–Kier alpha value is -1.09. The van der Waals surface area contributed by atoms with E-state index in [1.807, 2.05) is 12.1 Å². The standard InChI is InChI=1S/C12H20N2O/c1-4-13-8-11-7-12(5-6-14-11)15-9-10(2)3/h5-7,10,13H,4,8-9H2,1-3H3. The summed E-state index contributed by atoms with van der Waals surface area (Å²) in [5, 5.41) is 3.24. The summed E-state index contributed by atoms with van der Waals surface area (Å²) in [5.74, 6) is 1.46. The first-order valence-electron chi connectivity index (χ1n) is 5.50. The Morgan fingerprint density at radius 2 is 2.27 bits per heavy atom. The molecular weight excluding hydrogens is 188 g/mol. The number of ether oxygens (including phenoxy) is 1. The Kier molecular flexibility index (Phi) is 5.12. The zero-order chi connectivity index (χ0) is 11.1. The molecule has 1 heterocycles. The molecule has 0 bridgehead atoms. The van der Waals surface area contributed by atoms with Gasteiger partial charge in [-0.2, -0.15) is 0 Å². The SMILES string of the molecule is CCNCc1cc(OCC(C)C)ccn1. The van der Waals surface area contributed by atoms with Crippen LogP contribution in [0, 0.1) is 5.92 Å². The molecule has 1 rings (SSSR count). The average Bonchev–Trinajstić information content (AvgIpc) is 2.24. The molecule has 15 heavy (non-hydrogen) atoms. The van der Waals surface area contributed by atoms with Crippen LogP contribution in [-0.2, 0) is 6.54 Å². The van der Waals surface area contributed by atoms with E-state index in [4.69, 9.17) is 4.74 Å². The summed E-state index contributed by atoms with van der Waals surface area (Å²) >= 11 is 0. The first-order valence-corrected chi connectivity index (χ1v) is 5.50. The van der Waals surface area contributed by atoms with E-state index in [2.05, 4.69) is 31.1 Å². The summed E-state index contributed by atoms with van der Waals surface area (Å²) in [6, 6.07) is 3.89. The molecule has 1 aromatic heterocycles. The van der Waals surface area contributed by atoms with E-state index in [0.29, 0.717) is 5.92 Å². The molecule has 0 fully saturated rings. The van der Waals surface area contributed by atoms with Gasteiger partial charge in [0, 0.05) is 18.8 Å². The largest absolute Gasteiger partial charge is 0.493 e. The van der Waals surface area contributed by atoms with Gasteiger partial charge in [-0.3, -0.25) is 4.98 Å². The molecule has 0 aliphatic rings. The number of nitrogens with one attached hydrogen (secondary N) is 1. The monoisotopic (exact) mass is 208 g/mol. The molecule has 0 spiro atoms. The number of aromatic nitrogens is 1. The van der Waals surface area contributed by atoms with Gasteiger partial charge in [0.25, 0.3) is 0 Å². The molecule has 1 N–H and O–H groups in total. The van der Waals surface area contributed by atoms with Crippen LogP contribution in [0.2, 0.25) is 0 Å². The predicted octanol–water partition coefficient (Wildman–Crippen LogP) is 2.23. The highest BCUT2D eigenvalue weighted by Crippen LogP contribution is 2.11. The van der Waals surface area contributed by atoms with Gasteiger partial charge in [-0.15, -0.1) is 0 Å². The summed E-state index contributed by atoms with van der Waals surface area (Å²) in [6.45, 7) is 8.87. The molecule has 0 aromatic carbocycles. The molecular formula is C12H20N2O. The van der Waals surface area contributed by atoms with Crippen molar-refractivity contribution in [3.8, 4) is 5.75 Å². The fourth-order valence-corrected chi connectivity index (χ4v) is 1.16. The summed E-state index contributed by atoms with van der Waals surface area (Å²) in [6.07, 6.45) is 1.79. The zero-order valence-corrected chi connectivity index (χ0v) is 9.79. The maximum atomic E-state index is 5.62. The van der Waals surface area contributed by atoms with Crippen LogP contribution >= 0.6 is 0 Å². The third kappa shape index (κ3) is 4.79. The van der Waals surface area contributed by atoms with Gasteiger partial charge in [0.1, 0.15) is 5.75 Å². The minimum Gasteiger partial charge on any atom is -0.493 e. The van der Waals surface area contributed by atoms with Gasteiger partial charge in [-0.25, -0.2) is 0 Å². The Bertz CT molecular complexity index is 287. The Balaban J connectivity index is 2.50. The van der Waals surface area contributed by atoms with Crippen molar-refractivity contribution in [3.63, 3.8) is 0 Å². The van der Waals surface area contributed by atoms with E-state index in [1.54, 1.807) is 6.20 Å². The van der Waals surface area contributed by atoms with E-state index >= 15 is 0 Å². The van der Waals surface area contributed by atoms with Crippen molar-refractivity contribution in [1.29, 1.82) is 0 Å². The van der Waals surface area contributed by atoms with Crippen LogP contribution in [0.1, 0.15) is 26.5 Å². The topological polar surface area (TPSA) is 34.1 Å². The second-order valence-electron chi connectivity index (χ2n) is 3.97. The van der Waals surface area contributed by atoms with Crippen LogP contribution in [-0.4, -0.2) is 18.1 Å².